The van der Waals surface area contributed by atoms with Gasteiger partial charge in [0, 0.05) is 30.4 Å². The number of nitrogens with zero attached hydrogens (tertiary/aromatic N) is 5. The van der Waals surface area contributed by atoms with Crippen LogP contribution in [0.5, 0.6) is 0 Å². The maximum Gasteiger partial charge on any atom is 0.247 e. The number of amides is 1. The van der Waals surface area contributed by atoms with Gasteiger partial charge < -0.3 is 10.6 Å². The normalized spacial score (nSPS) is 10.9. The third kappa shape index (κ3) is 3.57. The Balaban J connectivity index is 1.76. The van der Waals surface area contributed by atoms with Crippen LogP contribution in [0.3, 0.4) is 0 Å². The maximum absolute atomic E-state index is 11.6. The molecule has 0 aliphatic heterocycles. The highest BCUT2D eigenvalue weighted by Gasteiger charge is 2.14. The van der Waals surface area contributed by atoms with Crippen LogP contribution in [0.1, 0.15) is 5.56 Å². The van der Waals surface area contributed by atoms with Gasteiger partial charge in [-0.15, -0.1) is 0 Å². The third-order valence-corrected chi connectivity index (χ3v) is 4.74. The Kier molecular flexibility index (Phi) is 4.77. The summed E-state index contributed by atoms with van der Waals surface area (Å²) in [5.74, 6) is 1.45. The lowest BCUT2D eigenvalue weighted by atomic mass is 10.2. The summed E-state index contributed by atoms with van der Waals surface area (Å²) in [5, 5.41) is 11.4. The van der Waals surface area contributed by atoms with Crippen LogP contribution >= 0.6 is 11.6 Å². The first-order valence-corrected chi connectivity index (χ1v) is 9.17. The lowest BCUT2D eigenvalue weighted by Gasteiger charge is -2.10. The monoisotopic (exact) mass is 407 g/mol. The molecule has 0 saturated heterocycles. The van der Waals surface area contributed by atoms with Crippen LogP contribution in [0, 0.1) is 6.92 Å². The van der Waals surface area contributed by atoms with E-state index in [1.54, 1.807) is 17.1 Å². The molecule has 0 unspecified atom stereocenters. The van der Waals surface area contributed by atoms with E-state index >= 15 is 0 Å². The number of aromatic nitrogens is 5. The van der Waals surface area contributed by atoms with Crippen molar-refractivity contribution in [2.24, 2.45) is 7.05 Å². The molecular formula is C20H18ClN7O. The zero-order chi connectivity index (χ0) is 20.5. The highest BCUT2D eigenvalue weighted by Crippen LogP contribution is 2.30. The molecule has 1 amide bonds. The highest BCUT2D eigenvalue weighted by molar-refractivity contribution is 6.32. The molecule has 3 heterocycles. The van der Waals surface area contributed by atoms with Gasteiger partial charge in [0.05, 0.1) is 17.9 Å². The second-order valence-electron chi connectivity index (χ2n) is 6.44. The van der Waals surface area contributed by atoms with Crippen molar-refractivity contribution in [2.45, 2.75) is 6.92 Å². The number of benzene rings is 1. The lowest BCUT2D eigenvalue weighted by Crippen LogP contribution is -2.07. The second-order valence-corrected chi connectivity index (χ2v) is 6.84. The molecule has 0 atom stereocenters. The van der Waals surface area contributed by atoms with Gasteiger partial charge in [-0.1, -0.05) is 18.2 Å². The lowest BCUT2D eigenvalue weighted by molar-refractivity contribution is -0.111. The summed E-state index contributed by atoms with van der Waals surface area (Å²) >= 11 is 6.41. The van der Waals surface area contributed by atoms with Gasteiger partial charge in [-0.2, -0.15) is 10.1 Å². The maximum atomic E-state index is 11.6. The molecule has 29 heavy (non-hydrogen) atoms. The fourth-order valence-electron chi connectivity index (χ4n) is 3.04. The van der Waals surface area contributed by atoms with Crippen LogP contribution in [0.2, 0.25) is 5.02 Å². The molecule has 4 rings (SSSR count). The van der Waals surface area contributed by atoms with Crippen LogP contribution in [0.25, 0.3) is 16.7 Å². The van der Waals surface area contributed by atoms with E-state index in [9.17, 15) is 4.79 Å². The summed E-state index contributed by atoms with van der Waals surface area (Å²) in [6.45, 7) is 5.46. The largest absolute Gasteiger partial charge is 0.323 e. The molecule has 0 radical (unpaired) electrons. The molecule has 0 aliphatic rings. The van der Waals surface area contributed by atoms with Gasteiger partial charge in [0.25, 0.3) is 0 Å². The van der Waals surface area contributed by atoms with E-state index in [0.29, 0.717) is 22.5 Å². The van der Waals surface area contributed by atoms with Crippen LogP contribution < -0.4 is 10.6 Å². The summed E-state index contributed by atoms with van der Waals surface area (Å²) < 4.78 is 3.59. The standard InChI is InChI=1S/C20H18ClN7O/c1-4-18(29)24-13-5-6-16-14(9-13)12(2)11-28(16)19-15(21)10-22-20(26-19)25-17-7-8-23-27(17)3/h4-11H,1H2,2-3H3,(H,24,29)(H,22,25,26). The van der Waals surface area contributed by atoms with E-state index in [0.717, 1.165) is 22.3 Å². The first-order chi connectivity index (χ1) is 14.0. The second kappa shape index (κ2) is 7.40. The van der Waals surface area contributed by atoms with Crippen LogP contribution in [-0.4, -0.2) is 30.2 Å². The topological polar surface area (TPSA) is 89.7 Å². The minimum absolute atomic E-state index is 0.258. The molecule has 4 aromatic rings. The summed E-state index contributed by atoms with van der Waals surface area (Å²) in [6, 6.07) is 7.47. The Morgan fingerprint density at radius 2 is 2.14 bits per heavy atom. The smallest absolute Gasteiger partial charge is 0.247 e. The average Bonchev–Trinajstić information content (AvgIpc) is 3.26. The predicted octanol–water partition coefficient (Wildman–Crippen LogP) is 3.98. The van der Waals surface area contributed by atoms with E-state index in [1.807, 2.05) is 49.0 Å². The highest BCUT2D eigenvalue weighted by atomic mass is 35.5. The average molecular weight is 408 g/mol. The Hall–Kier alpha value is -3.65. The van der Waals surface area contributed by atoms with E-state index in [4.69, 9.17) is 11.6 Å². The first-order valence-electron chi connectivity index (χ1n) is 8.79. The van der Waals surface area contributed by atoms with Gasteiger partial charge in [0.2, 0.25) is 11.9 Å². The molecule has 0 aliphatic carbocycles. The number of hydrogen-bond donors (Lipinski definition) is 2. The third-order valence-electron chi connectivity index (χ3n) is 4.47. The van der Waals surface area contributed by atoms with E-state index in [-0.39, 0.29) is 5.91 Å². The number of aryl methyl sites for hydroxylation is 2. The Morgan fingerprint density at radius 3 is 2.86 bits per heavy atom. The Morgan fingerprint density at radius 1 is 1.31 bits per heavy atom. The van der Waals surface area contributed by atoms with Gasteiger partial charge in [-0.25, -0.2) is 4.98 Å². The van der Waals surface area contributed by atoms with Gasteiger partial charge in [0.15, 0.2) is 5.82 Å². The zero-order valence-electron chi connectivity index (χ0n) is 15.8. The summed E-state index contributed by atoms with van der Waals surface area (Å²) in [7, 11) is 1.82. The molecule has 0 spiro atoms. The van der Waals surface area contributed by atoms with Gasteiger partial charge in [-0.3, -0.25) is 14.0 Å². The quantitative estimate of drug-likeness (QED) is 0.488. The van der Waals surface area contributed by atoms with Gasteiger partial charge in [0.1, 0.15) is 10.8 Å². The number of anilines is 3. The molecule has 2 N–H and O–H groups in total. The summed E-state index contributed by atoms with van der Waals surface area (Å²) in [5.41, 5.74) is 2.62. The predicted molar refractivity (Wildman–Crippen MR) is 114 cm³/mol. The molecule has 1 aromatic carbocycles. The first kappa shape index (κ1) is 18.7. The molecule has 3 aromatic heterocycles. The van der Waals surface area contributed by atoms with Crippen molar-refractivity contribution in [3.8, 4) is 5.82 Å². The minimum Gasteiger partial charge on any atom is -0.323 e. The number of hydrogen-bond acceptors (Lipinski definition) is 5. The van der Waals surface area contributed by atoms with Crippen molar-refractivity contribution in [1.29, 1.82) is 0 Å². The fourth-order valence-corrected chi connectivity index (χ4v) is 3.22. The molecule has 146 valence electrons. The Labute approximate surface area is 171 Å². The number of carbonyl (C=O) groups is 1. The summed E-state index contributed by atoms with van der Waals surface area (Å²) in [6.07, 6.45) is 6.43. The summed E-state index contributed by atoms with van der Waals surface area (Å²) in [4.78, 5) is 20.4. The molecular weight excluding hydrogens is 390 g/mol. The Bertz CT molecular complexity index is 1240. The van der Waals surface area contributed by atoms with E-state index in [2.05, 4.69) is 32.3 Å². The van der Waals surface area contributed by atoms with Gasteiger partial charge >= 0.3 is 0 Å². The molecule has 0 fully saturated rings. The number of fused-ring (bicyclic) bond motifs is 1. The zero-order valence-corrected chi connectivity index (χ0v) is 16.6. The number of nitrogens with one attached hydrogen (secondary N) is 2. The minimum atomic E-state index is -0.258. The number of halogens is 1. The van der Waals surface area contributed by atoms with Crippen molar-refractivity contribution in [1.82, 2.24) is 24.3 Å². The van der Waals surface area contributed by atoms with Crippen LogP contribution in [-0.2, 0) is 11.8 Å². The number of carbonyl (C=O) groups excluding carboxylic acids is 1. The van der Waals surface area contributed by atoms with E-state index < -0.39 is 0 Å². The van der Waals surface area contributed by atoms with Crippen molar-refractivity contribution < 1.29 is 4.79 Å². The molecule has 8 nitrogen and oxygen atoms in total. The van der Waals surface area contributed by atoms with Crippen molar-refractivity contribution in [2.75, 3.05) is 10.6 Å². The van der Waals surface area contributed by atoms with Crippen LogP contribution in [0.15, 0.2) is 55.5 Å². The number of rotatable bonds is 5. The van der Waals surface area contributed by atoms with Gasteiger partial charge in [-0.05, 0) is 36.8 Å². The van der Waals surface area contributed by atoms with Crippen molar-refractivity contribution >= 4 is 45.9 Å². The van der Waals surface area contributed by atoms with Crippen molar-refractivity contribution in [3.63, 3.8) is 0 Å². The molecule has 9 heteroatoms. The molecule has 0 saturated carbocycles. The SMILES string of the molecule is C=CC(=O)Nc1ccc2c(c1)c(C)cn2-c1nc(Nc2ccnn2C)ncc1Cl. The fraction of sp³-hybridized carbons (Fsp3) is 0.100. The van der Waals surface area contributed by atoms with E-state index in [1.165, 1.54) is 6.08 Å². The van der Waals surface area contributed by atoms with Crippen LogP contribution in [0.4, 0.5) is 17.5 Å². The van der Waals surface area contributed by atoms with Crippen molar-refractivity contribution in [3.05, 3.63) is 66.1 Å². The molecule has 0 bridgehead atoms.